The first kappa shape index (κ1) is 19.2. The summed E-state index contributed by atoms with van der Waals surface area (Å²) >= 11 is 0. The average molecular weight is 398 g/mol. The first-order valence-corrected chi connectivity index (χ1v) is 9.82. The number of hydrogen-bond acceptors (Lipinski definition) is 5. The fourth-order valence-electron chi connectivity index (χ4n) is 3.23. The number of hydrogen-bond donors (Lipinski definition) is 1. The molecule has 3 rings (SSSR count). The number of carbonyl (C=O) groups is 2. The second-order valence-electron chi connectivity index (χ2n) is 6.43. The molecule has 0 aliphatic carbocycles. The second kappa shape index (κ2) is 6.89. The highest BCUT2D eigenvalue weighted by Crippen LogP contribution is 2.24. The van der Waals surface area contributed by atoms with Gasteiger partial charge in [0.2, 0.25) is 10.0 Å². The van der Waals surface area contributed by atoms with Crippen LogP contribution in [-0.2, 0) is 14.8 Å². The molecule has 1 aromatic rings. The summed E-state index contributed by atoms with van der Waals surface area (Å²) in [7, 11) is -1.59. The summed E-state index contributed by atoms with van der Waals surface area (Å²) in [6.45, 7) is 0.696. The Morgan fingerprint density at radius 3 is 2.22 bits per heavy atom. The molecule has 2 fully saturated rings. The Bertz CT molecular complexity index is 874. The Balaban J connectivity index is 1.79. The summed E-state index contributed by atoms with van der Waals surface area (Å²) < 4.78 is 41.1. The van der Waals surface area contributed by atoms with Gasteiger partial charge >= 0.3 is 6.03 Å². The van der Waals surface area contributed by atoms with Crippen molar-refractivity contribution in [1.29, 1.82) is 0 Å². The number of amidine groups is 1. The molecule has 146 valence electrons. The van der Waals surface area contributed by atoms with Crippen LogP contribution >= 0.6 is 0 Å². The Morgan fingerprint density at radius 2 is 1.63 bits per heavy atom. The number of sulfonamides is 1. The molecule has 0 spiro atoms. The zero-order chi connectivity index (χ0) is 19.9. The van der Waals surface area contributed by atoms with E-state index in [9.17, 15) is 22.4 Å². The molecule has 9 nitrogen and oxygen atoms in total. The minimum atomic E-state index is -4.12. The Labute approximate surface area is 156 Å². The van der Waals surface area contributed by atoms with E-state index < -0.39 is 27.2 Å². The van der Waals surface area contributed by atoms with Crippen molar-refractivity contribution in [3.8, 4) is 0 Å². The molecule has 2 aliphatic rings. The van der Waals surface area contributed by atoms with Gasteiger partial charge in [-0.05, 0) is 12.1 Å². The van der Waals surface area contributed by atoms with Gasteiger partial charge in [0.05, 0.1) is 12.7 Å². The largest absolute Gasteiger partial charge is 0.417 e. The number of carbonyl (C=O) groups excluding carboxylic acids is 2. The summed E-state index contributed by atoms with van der Waals surface area (Å²) in [5, 5.41) is 4.16. The molecule has 1 aromatic carbocycles. The monoisotopic (exact) mass is 398 g/mol. The molecule has 27 heavy (non-hydrogen) atoms. The normalized spacial score (nSPS) is 22.6. The van der Waals surface area contributed by atoms with Gasteiger partial charge in [-0.25, -0.2) is 22.5 Å². The van der Waals surface area contributed by atoms with E-state index in [4.69, 9.17) is 5.41 Å². The van der Waals surface area contributed by atoms with Crippen LogP contribution in [0.1, 0.15) is 0 Å². The highest BCUT2D eigenvalue weighted by molar-refractivity contribution is 7.91. The minimum absolute atomic E-state index is 0.0785. The van der Waals surface area contributed by atoms with Gasteiger partial charge in [-0.2, -0.15) is 9.21 Å². The zero-order valence-electron chi connectivity index (χ0n) is 15.0. The summed E-state index contributed by atoms with van der Waals surface area (Å²) in [6, 6.07) is 5.58. The number of amides is 3. The topological polar surface area (TPSA) is 107 Å². The van der Waals surface area contributed by atoms with Crippen LogP contribution in [0, 0.1) is 5.82 Å². The number of nitrogens with two attached hydrogens (primary N) is 1. The molecule has 2 saturated heterocycles. The first-order valence-electron chi connectivity index (χ1n) is 8.32. The lowest BCUT2D eigenvalue weighted by molar-refractivity contribution is -0.140. The average Bonchev–Trinajstić information content (AvgIpc) is 2.65. The van der Waals surface area contributed by atoms with Gasteiger partial charge in [0.1, 0.15) is 5.82 Å². The lowest BCUT2D eigenvalue weighted by atomic mass is 10.2. The van der Waals surface area contributed by atoms with Crippen molar-refractivity contribution in [3.63, 3.8) is 0 Å². The molecule has 2 aliphatic heterocycles. The van der Waals surface area contributed by atoms with Crippen LogP contribution in [0.25, 0.3) is 0 Å². The number of nitrogens with zero attached hydrogens (tertiary/aromatic N) is 4. The molecule has 0 radical (unpaired) electrons. The van der Waals surface area contributed by atoms with E-state index in [0.29, 0.717) is 5.69 Å². The van der Waals surface area contributed by atoms with E-state index in [1.807, 2.05) is 0 Å². The van der Waals surface area contributed by atoms with E-state index in [0.717, 1.165) is 14.1 Å². The molecule has 1 unspecified atom stereocenters. The summed E-state index contributed by atoms with van der Waals surface area (Å²) in [5.74, 6) is -1.58. The summed E-state index contributed by atoms with van der Waals surface area (Å²) in [4.78, 5) is 27.8. The van der Waals surface area contributed by atoms with Crippen LogP contribution in [0.5, 0.6) is 0 Å². The SMILES string of the molecule is CN1C(=[NH2+])C(S(=O)(=O)N2CCN(c3ccccc3F)CC2)C(=O)N(C)C1=O. The molecule has 0 aromatic heterocycles. The van der Waals surface area contributed by atoms with Gasteiger partial charge in [-0.1, -0.05) is 12.1 Å². The number of imide groups is 1. The highest BCUT2D eigenvalue weighted by Gasteiger charge is 2.54. The third-order valence-corrected chi connectivity index (χ3v) is 7.00. The number of urea groups is 1. The number of rotatable bonds is 3. The quantitative estimate of drug-likeness (QED) is 0.655. The van der Waals surface area contributed by atoms with Gasteiger partial charge in [-0.3, -0.25) is 10.2 Å². The maximum atomic E-state index is 13.9. The third-order valence-electron chi connectivity index (χ3n) is 4.87. The van der Waals surface area contributed by atoms with E-state index >= 15 is 0 Å². The number of benzene rings is 1. The van der Waals surface area contributed by atoms with E-state index in [1.165, 1.54) is 20.2 Å². The molecular formula is C16H21FN5O4S+. The molecule has 1 atom stereocenters. The number of piperazine rings is 1. The molecule has 3 amide bonds. The lowest BCUT2D eigenvalue weighted by Crippen LogP contribution is -2.71. The van der Waals surface area contributed by atoms with Crippen molar-refractivity contribution in [2.75, 3.05) is 45.2 Å². The number of anilines is 1. The lowest BCUT2D eigenvalue weighted by Gasteiger charge is -2.38. The molecule has 0 saturated carbocycles. The number of halogens is 1. The fraction of sp³-hybridized carbons (Fsp3) is 0.438. The maximum absolute atomic E-state index is 13.9. The Kier molecular flexibility index (Phi) is 4.91. The molecule has 0 bridgehead atoms. The molecule has 2 heterocycles. The maximum Gasteiger partial charge on any atom is 0.417 e. The first-order chi connectivity index (χ1) is 12.7. The smallest absolute Gasteiger partial charge is 0.367 e. The summed E-state index contributed by atoms with van der Waals surface area (Å²) in [5.41, 5.74) is 0.402. The molecular weight excluding hydrogens is 377 g/mol. The highest BCUT2D eigenvalue weighted by atomic mass is 32.2. The van der Waals surface area contributed by atoms with Crippen molar-refractivity contribution >= 4 is 33.5 Å². The van der Waals surface area contributed by atoms with Gasteiger partial charge in [0.25, 0.3) is 17.0 Å². The van der Waals surface area contributed by atoms with Crippen molar-refractivity contribution in [2.45, 2.75) is 5.25 Å². The predicted molar refractivity (Wildman–Crippen MR) is 95.8 cm³/mol. The molecule has 11 heteroatoms. The Hall–Kier alpha value is -2.53. The van der Waals surface area contributed by atoms with Crippen molar-refractivity contribution in [2.24, 2.45) is 0 Å². The standard InChI is InChI=1S/C16H20FN5O4S/c1-19-14(18)13(15(23)20(2)16(19)24)27(25,26)22-9-7-21(8-10-22)12-6-4-3-5-11(12)17/h3-6,13,18H,7-10H2,1-2H3/p+1. The fourth-order valence-corrected chi connectivity index (χ4v) is 5.08. The molecule has 2 N–H and O–H groups in total. The zero-order valence-corrected chi connectivity index (χ0v) is 15.8. The van der Waals surface area contributed by atoms with Crippen LogP contribution in [0.3, 0.4) is 0 Å². The van der Waals surface area contributed by atoms with Gasteiger partial charge in [0.15, 0.2) is 0 Å². The number of para-hydroxylation sites is 1. The van der Waals surface area contributed by atoms with Crippen molar-refractivity contribution < 1.29 is 27.8 Å². The predicted octanol–water partition coefficient (Wildman–Crippen LogP) is -1.67. The third kappa shape index (κ3) is 3.16. The van der Waals surface area contributed by atoms with E-state index in [1.54, 1.807) is 23.1 Å². The van der Waals surface area contributed by atoms with Gasteiger partial charge < -0.3 is 4.90 Å². The minimum Gasteiger partial charge on any atom is -0.367 e. The van der Waals surface area contributed by atoms with E-state index in [2.05, 4.69) is 0 Å². The van der Waals surface area contributed by atoms with Gasteiger partial charge in [0, 0.05) is 33.2 Å². The van der Waals surface area contributed by atoms with Crippen LogP contribution in [0.15, 0.2) is 24.3 Å². The van der Waals surface area contributed by atoms with Crippen molar-refractivity contribution in [3.05, 3.63) is 30.1 Å². The van der Waals surface area contributed by atoms with Crippen LogP contribution in [-0.4, -0.2) is 85.8 Å². The van der Waals surface area contributed by atoms with Crippen LogP contribution in [0.2, 0.25) is 0 Å². The van der Waals surface area contributed by atoms with Gasteiger partial charge in [-0.15, -0.1) is 0 Å². The van der Waals surface area contributed by atoms with E-state index in [-0.39, 0.29) is 37.8 Å². The Morgan fingerprint density at radius 1 is 1.04 bits per heavy atom. The summed E-state index contributed by atoms with van der Waals surface area (Å²) in [6.07, 6.45) is 0. The van der Waals surface area contributed by atoms with Crippen LogP contribution < -0.4 is 10.3 Å². The van der Waals surface area contributed by atoms with Crippen molar-refractivity contribution in [1.82, 2.24) is 14.1 Å². The second-order valence-corrected chi connectivity index (χ2v) is 8.44. The van der Waals surface area contributed by atoms with Crippen LogP contribution in [0.4, 0.5) is 14.9 Å².